The molecule has 0 saturated carbocycles. The first kappa shape index (κ1) is 17.6. The number of methoxy groups -OCH3 is 1. The molecule has 2 N–H and O–H groups in total. The van der Waals surface area contributed by atoms with E-state index in [-0.39, 0.29) is 24.9 Å². The summed E-state index contributed by atoms with van der Waals surface area (Å²) in [5.74, 6) is 1.96. The summed E-state index contributed by atoms with van der Waals surface area (Å²) in [4.78, 5) is 11.7. The lowest BCUT2D eigenvalue weighted by Crippen LogP contribution is -2.30. The van der Waals surface area contributed by atoms with Crippen LogP contribution >= 0.6 is 12.4 Å². The SMILES string of the molecule is COc1cccc(OCC(=O)NCCC2CCNC2)c1.Cl. The van der Waals surface area contributed by atoms with Gasteiger partial charge in [-0.2, -0.15) is 0 Å². The molecule has 2 rings (SSSR count). The number of nitrogens with one attached hydrogen (secondary N) is 2. The zero-order valence-corrected chi connectivity index (χ0v) is 13.1. The Hall–Kier alpha value is -1.46. The van der Waals surface area contributed by atoms with Crippen LogP contribution in [-0.2, 0) is 4.79 Å². The Labute approximate surface area is 131 Å². The van der Waals surface area contributed by atoms with E-state index in [9.17, 15) is 4.79 Å². The van der Waals surface area contributed by atoms with E-state index in [0.717, 1.165) is 25.3 Å². The van der Waals surface area contributed by atoms with Gasteiger partial charge in [0, 0.05) is 12.6 Å². The van der Waals surface area contributed by atoms with Crippen LogP contribution in [0, 0.1) is 5.92 Å². The molecule has 1 heterocycles. The van der Waals surface area contributed by atoms with Gasteiger partial charge < -0.3 is 20.1 Å². The minimum Gasteiger partial charge on any atom is -0.497 e. The molecule has 0 aliphatic carbocycles. The predicted octanol–water partition coefficient (Wildman–Crippen LogP) is 1.61. The van der Waals surface area contributed by atoms with E-state index >= 15 is 0 Å². The van der Waals surface area contributed by atoms with Gasteiger partial charge in [-0.25, -0.2) is 0 Å². The summed E-state index contributed by atoms with van der Waals surface area (Å²) >= 11 is 0. The van der Waals surface area contributed by atoms with E-state index < -0.39 is 0 Å². The van der Waals surface area contributed by atoms with Gasteiger partial charge in [0.2, 0.25) is 0 Å². The van der Waals surface area contributed by atoms with Crippen LogP contribution in [0.1, 0.15) is 12.8 Å². The van der Waals surface area contributed by atoms with Crippen molar-refractivity contribution in [3.8, 4) is 11.5 Å². The number of carbonyl (C=O) groups excluding carboxylic acids is 1. The first-order chi connectivity index (χ1) is 9.78. The van der Waals surface area contributed by atoms with Crippen molar-refractivity contribution in [1.82, 2.24) is 10.6 Å². The van der Waals surface area contributed by atoms with Gasteiger partial charge in [-0.05, 0) is 44.0 Å². The Balaban J connectivity index is 0.00000220. The summed E-state index contributed by atoms with van der Waals surface area (Å²) in [5.41, 5.74) is 0. The number of benzene rings is 1. The normalized spacial score (nSPS) is 16.9. The number of carbonyl (C=O) groups is 1. The maximum atomic E-state index is 11.7. The molecule has 1 fully saturated rings. The summed E-state index contributed by atoms with van der Waals surface area (Å²) < 4.78 is 10.5. The lowest BCUT2D eigenvalue weighted by molar-refractivity contribution is -0.123. The molecule has 1 amide bonds. The second kappa shape index (κ2) is 9.47. The van der Waals surface area contributed by atoms with Crippen LogP contribution in [-0.4, -0.2) is 39.3 Å². The first-order valence-electron chi connectivity index (χ1n) is 7.02. The van der Waals surface area contributed by atoms with Gasteiger partial charge >= 0.3 is 0 Å². The summed E-state index contributed by atoms with van der Waals surface area (Å²) in [6.45, 7) is 2.91. The average Bonchev–Trinajstić information content (AvgIpc) is 2.98. The molecule has 1 aliphatic rings. The maximum absolute atomic E-state index is 11.7. The highest BCUT2D eigenvalue weighted by atomic mass is 35.5. The van der Waals surface area contributed by atoms with Gasteiger partial charge in [-0.1, -0.05) is 6.07 Å². The van der Waals surface area contributed by atoms with Gasteiger partial charge in [0.1, 0.15) is 11.5 Å². The third-order valence-electron chi connectivity index (χ3n) is 3.45. The highest BCUT2D eigenvalue weighted by Crippen LogP contribution is 2.18. The van der Waals surface area contributed by atoms with Crippen LogP contribution in [0.2, 0.25) is 0 Å². The summed E-state index contributed by atoms with van der Waals surface area (Å²) in [6, 6.07) is 7.24. The number of rotatable bonds is 7. The minimum atomic E-state index is -0.0845. The van der Waals surface area contributed by atoms with Crippen molar-refractivity contribution in [1.29, 1.82) is 0 Å². The fourth-order valence-corrected chi connectivity index (χ4v) is 2.27. The average molecular weight is 315 g/mol. The van der Waals surface area contributed by atoms with E-state index in [0.29, 0.717) is 18.2 Å². The molecule has 0 radical (unpaired) electrons. The molecular weight excluding hydrogens is 292 g/mol. The number of halogens is 1. The Morgan fingerprint density at radius 2 is 2.24 bits per heavy atom. The minimum absolute atomic E-state index is 0. The highest BCUT2D eigenvalue weighted by Gasteiger charge is 2.14. The topological polar surface area (TPSA) is 59.6 Å². The molecular formula is C15H23ClN2O3. The van der Waals surface area contributed by atoms with Crippen molar-refractivity contribution in [2.24, 2.45) is 5.92 Å². The lowest BCUT2D eigenvalue weighted by atomic mass is 10.1. The maximum Gasteiger partial charge on any atom is 0.257 e. The standard InChI is InChI=1S/C15H22N2O3.ClH/c1-19-13-3-2-4-14(9-13)20-11-15(18)17-8-6-12-5-7-16-10-12;/h2-4,9,12,16H,5-8,10-11H2,1H3,(H,17,18);1H. The monoisotopic (exact) mass is 314 g/mol. The first-order valence-corrected chi connectivity index (χ1v) is 7.02. The largest absolute Gasteiger partial charge is 0.497 e. The van der Waals surface area contributed by atoms with Gasteiger partial charge in [0.05, 0.1) is 7.11 Å². The fraction of sp³-hybridized carbons (Fsp3) is 0.533. The fourth-order valence-electron chi connectivity index (χ4n) is 2.27. The third kappa shape index (κ3) is 6.23. The summed E-state index contributed by atoms with van der Waals surface area (Å²) in [7, 11) is 1.60. The summed E-state index contributed by atoms with van der Waals surface area (Å²) in [5, 5.41) is 6.20. The van der Waals surface area contributed by atoms with E-state index in [2.05, 4.69) is 10.6 Å². The molecule has 0 spiro atoms. The summed E-state index contributed by atoms with van der Waals surface area (Å²) in [6.07, 6.45) is 2.23. The molecule has 1 atom stereocenters. The Kier molecular flexibility index (Phi) is 7.93. The molecule has 1 unspecified atom stereocenters. The van der Waals surface area contributed by atoms with Crippen LogP contribution < -0.4 is 20.1 Å². The van der Waals surface area contributed by atoms with Crippen LogP contribution in [0.5, 0.6) is 11.5 Å². The van der Waals surface area contributed by atoms with E-state index in [1.165, 1.54) is 6.42 Å². The van der Waals surface area contributed by atoms with Crippen molar-refractivity contribution in [3.05, 3.63) is 24.3 Å². The van der Waals surface area contributed by atoms with Crippen LogP contribution in [0.4, 0.5) is 0 Å². The molecule has 21 heavy (non-hydrogen) atoms. The zero-order chi connectivity index (χ0) is 14.2. The second-order valence-electron chi connectivity index (χ2n) is 4.97. The predicted molar refractivity (Wildman–Crippen MR) is 84.3 cm³/mol. The quantitative estimate of drug-likeness (QED) is 0.803. The van der Waals surface area contributed by atoms with Crippen molar-refractivity contribution in [2.45, 2.75) is 12.8 Å². The molecule has 0 bridgehead atoms. The Morgan fingerprint density at radius 3 is 2.95 bits per heavy atom. The smallest absolute Gasteiger partial charge is 0.257 e. The Morgan fingerprint density at radius 1 is 1.43 bits per heavy atom. The molecule has 1 aliphatic heterocycles. The van der Waals surface area contributed by atoms with Gasteiger partial charge in [-0.15, -0.1) is 12.4 Å². The zero-order valence-electron chi connectivity index (χ0n) is 12.3. The van der Waals surface area contributed by atoms with Gasteiger partial charge in [-0.3, -0.25) is 4.79 Å². The molecule has 5 nitrogen and oxygen atoms in total. The molecule has 1 aromatic carbocycles. The van der Waals surface area contributed by atoms with Gasteiger partial charge in [0.25, 0.3) is 5.91 Å². The number of hydrogen-bond donors (Lipinski definition) is 2. The van der Waals surface area contributed by atoms with E-state index in [4.69, 9.17) is 9.47 Å². The highest BCUT2D eigenvalue weighted by molar-refractivity contribution is 5.85. The van der Waals surface area contributed by atoms with Crippen molar-refractivity contribution >= 4 is 18.3 Å². The third-order valence-corrected chi connectivity index (χ3v) is 3.45. The van der Waals surface area contributed by atoms with Crippen LogP contribution in [0.3, 0.4) is 0 Å². The second-order valence-corrected chi connectivity index (χ2v) is 4.97. The molecule has 118 valence electrons. The van der Waals surface area contributed by atoms with Crippen molar-refractivity contribution < 1.29 is 14.3 Å². The molecule has 1 aromatic rings. The van der Waals surface area contributed by atoms with E-state index in [1.807, 2.05) is 12.1 Å². The van der Waals surface area contributed by atoms with Crippen LogP contribution in [0.15, 0.2) is 24.3 Å². The molecule has 6 heteroatoms. The van der Waals surface area contributed by atoms with Crippen molar-refractivity contribution in [3.63, 3.8) is 0 Å². The Bertz CT molecular complexity index is 437. The van der Waals surface area contributed by atoms with Crippen LogP contribution in [0.25, 0.3) is 0 Å². The van der Waals surface area contributed by atoms with E-state index in [1.54, 1.807) is 19.2 Å². The lowest BCUT2D eigenvalue weighted by Gasteiger charge is -2.10. The number of ether oxygens (including phenoxy) is 2. The van der Waals surface area contributed by atoms with Gasteiger partial charge in [0.15, 0.2) is 6.61 Å². The van der Waals surface area contributed by atoms with Crippen molar-refractivity contribution in [2.75, 3.05) is 33.4 Å². The molecule has 1 saturated heterocycles. The molecule has 0 aromatic heterocycles. The number of hydrogen-bond acceptors (Lipinski definition) is 4. The number of amides is 1.